The standard InChI is InChI=1S/C12H13ClN2O5S/c1-20-12(17)9-3-10(5-14-4-9)15-6-8(2-11(15)16)7-21(13,18)19/h3-5,8H,2,6-7H2,1H3. The van der Waals surface area contributed by atoms with Crippen molar-refractivity contribution in [1.29, 1.82) is 0 Å². The summed E-state index contributed by atoms with van der Waals surface area (Å²) in [4.78, 5) is 28.7. The molecular weight excluding hydrogens is 320 g/mol. The fourth-order valence-corrected chi connectivity index (χ4v) is 3.55. The predicted molar refractivity (Wildman–Crippen MR) is 75.7 cm³/mol. The summed E-state index contributed by atoms with van der Waals surface area (Å²) in [7, 11) is 2.80. The van der Waals surface area contributed by atoms with Crippen molar-refractivity contribution in [3.8, 4) is 0 Å². The van der Waals surface area contributed by atoms with Crippen molar-refractivity contribution in [1.82, 2.24) is 4.98 Å². The maximum absolute atomic E-state index is 12.0. The van der Waals surface area contributed by atoms with E-state index in [4.69, 9.17) is 10.7 Å². The molecule has 0 bridgehead atoms. The number of aromatic nitrogens is 1. The van der Waals surface area contributed by atoms with E-state index < -0.39 is 15.0 Å². The summed E-state index contributed by atoms with van der Waals surface area (Å²) < 4.78 is 26.8. The SMILES string of the molecule is COC(=O)c1cncc(N2CC(CS(=O)(=O)Cl)CC2=O)c1. The van der Waals surface area contributed by atoms with Crippen molar-refractivity contribution in [3.63, 3.8) is 0 Å². The fraction of sp³-hybridized carbons (Fsp3) is 0.417. The minimum Gasteiger partial charge on any atom is -0.465 e. The Kier molecular flexibility index (Phi) is 4.48. The molecule has 1 unspecified atom stereocenters. The van der Waals surface area contributed by atoms with E-state index in [2.05, 4.69) is 9.72 Å². The van der Waals surface area contributed by atoms with Crippen LogP contribution >= 0.6 is 10.7 Å². The van der Waals surface area contributed by atoms with Gasteiger partial charge in [0.15, 0.2) is 0 Å². The molecule has 21 heavy (non-hydrogen) atoms. The number of ether oxygens (including phenoxy) is 1. The minimum atomic E-state index is -3.66. The highest BCUT2D eigenvalue weighted by Gasteiger charge is 2.33. The van der Waals surface area contributed by atoms with E-state index >= 15 is 0 Å². The first-order valence-corrected chi connectivity index (χ1v) is 8.54. The molecule has 9 heteroatoms. The average Bonchev–Trinajstić information content (AvgIpc) is 2.76. The molecule has 0 spiro atoms. The molecule has 0 N–H and O–H groups in total. The number of methoxy groups -OCH3 is 1. The zero-order valence-electron chi connectivity index (χ0n) is 11.2. The van der Waals surface area contributed by atoms with Gasteiger partial charge in [-0.25, -0.2) is 13.2 Å². The Labute approximate surface area is 126 Å². The molecule has 1 aromatic rings. The highest BCUT2D eigenvalue weighted by atomic mass is 35.7. The Balaban J connectivity index is 2.19. The first kappa shape index (κ1) is 15.7. The lowest BCUT2D eigenvalue weighted by Crippen LogP contribution is -2.25. The minimum absolute atomic E-state index is 0.0917. The van der Waals surface area contributed by atoms with Crippen LogP contribution in [0.1, 0.15) is 16.8 Å². The number of amides is 1. The van der Waals surface area contributed by atoms with Crippen molar-refractivity contribution in [2.45, 2.75) is 6.42 Å². The number of esters is 1. The summed E-state index contributed by atoms with van der Waals surface area (Å²) in [5, 5.41) is 0. The molecule has 1 aliphatic rings. The summed E-state index contributed by atoms with van der Waals surface area (Å²) in [6.07, 6.45) is 2.85. The Hall–Kier alpha value is -1.67. The van der Waals surface area contributed by atoms with Gasteiger partial charge < -0.3 is 9.64 Å². The molecule has 0 radical (unpaired) electrons. The van der Waals surface area contributed by atoms with Crippen molar-refractivity contribution < 1.29 is 22.7 Å². The second kappa shape index (κ2) is 5.98. The molecule has 1 amide bonds. The second-order valence-electron chi connectivity index (χ2n) is 4.70. The number of anilines is 1. The highest BCUT2D eigenvalue weighted by Crippen LogP contribution is 2.26. The number of rotatable bonds is 4. The fourth-order valence-electron chi connectivity index (χ4n) is 2.23. The highest BCUT2D eigenvalue weighted by molar-refractivity contribution is 8.13. The normalized spacial score (nSPS) is 18.9. The van der Waals surface area contributed by atoms with Crippen molar-refractivity contribution in [2.75, 3.05) is 24.3 Å². The van der Waals surface area contributed by atoms with Crippen LogP contribution in [0.25, 0.3) is 0 Å². The molecule has 114 valence electrons. The third kappa shape index (κ3) is 3.92. The molecular formula is C12H13ClN2O5S. The first-order valence-electron chi connectivity index (χ1n) is 6.06. The molecule has 1 fully saturated rings. The van der Waals surface area contributed by atoms with E-state index in [1.807, 2.05) is 0 Å². The third-order valence-electron chi connectivity index (χ3n) is 3.10. The predicted octanol–water partition coefficient (Wildman–Crippen LogP) is 0.790. The smallest absolute Gasteiger partial charge is 0.339 e. The van der Waals surface area contributed by atoms with E-state index in [9.17, 15) is 18.0 Å². The van der Waals surface area contributed by atoms with Crippen molar-refractivity contribution in [2.24, 2.45) is 5.92 Å². The Morgan fingerprint density at radius 3 is 2.86 bits per heavy atom. The molecule has 7 nitrogen and oxygen atoms in total. The van der Waals surface area contributed by atoms with Crippen molar-refractivity contribution >= 4 is 37.3 Å². The van der Waals surface area contributed by atoms with Gasteiger partial charge in [-0.3, -0.25) is 9.78 Å². The first-order chi connectivity index (χ1) is 9.80. The number of hydrogen-bond acceptors (Lipinski definition) is 6. The maximum Gasteiger partial charge on any atom is 0.339 e. The molecule has 1 saturated heterocycles. The van der Waals surface area contributed by atoms with Gasteiger partial charge in [0.05, 0.1) is 30.3 Å². The van der Waals surface area contributed by atoms with Crippen LogP contribution in [-0.2, 0) is 18.6 Å². The van der Waals surface area contributed by atoms with Crippen molar-refractivity contribution in [3.05, 3.63) is 24.0 Å². The van der Waals surface area contributed by atoms with Crippen LogP contribution in [0.3, 0.4) is 0 Å². The Bertz CT molecular complexity index is 676. The van der Waals surface area contributed by atoms with E-state index in [-0.39, 0.29) is 36.1 Å². The van der Waals surface area contributed by atoms with Crippen LogP contribution in [0.5, 0.6) is 0 Å². The molecule has 2 heterocycles. The van der Waals surface area contributed by atoms with Crippen LogP contribution in [0.2, 0.25) is 0 Å². The molecule has 1 aromatic heterocycles. The quantitative estimate of drug-likeness (QED) is 0.597. The third-order valence-corrected chi connectivity index (χ3v) is 4.34. The van der Waals surface area contributed by atoms with Crippen LogP contribution in [0.4, 0.5) is 5.69 Å². The summed E-state index contributed by atoms with van der Waals surface area (Å²) >= 11 is 0. The molecule has 1 aliphatic heterocycles. The topological polar surface area (TPSA) is 93.6 Å². The van der Waals surface area contributed by atoms with Gasteiger partial charge in [-0.05, 0) is 6.07 Å². The number of carbonyl (C=O) groups excluding carboxylic acids is 2. The lowest BCUT2D eigenvalue weighted by Gasteiger charge is -2.16. The number of carbonyl (C=O) groups is 2. The maximum atomic E-state index is 12.0. The van der Waals surface area contributed by atoms with Gasteiger partial charge >= 0.3 is 5.97 Å². The Morgan fingerprint density at radius 2 is 2.24 bits per heavy atom. The summed E-state index contributed by atoms with van der Waals surface area (Å²) in [6.45, 7) is 0.219. The lowest BCUT2D eigenvalue weighted by molar-refractivity contribution is -0.117. The van der Waals surface area contributed by atoms with Gasteiger partial charge in [0, 0.05) is 35.8 Å². The molecule has 2 rings (SSSR count). The van der Waals surface area contributed by atoms with Gasteiger partial charge in [0.1, 0.15) is 0 Å². The zero-order chi connectivity index (χ0) is 15.6. The lowest BCUT2D eigenvalue weighted by atomic mass is 10.1. The average molecular weight is 333 g/mol. The number of hydrogen-bond donors (Lipinski definition) is 0. The summed E-state index contributed by atoms with van der Waals surface area (Å²) in [5.74, 6) is -1.43. The summed E-state index contributed by atoms with van der Waals surface area (Å²) in [5.41, 5.74) is 0.647. The number of pyridine rings is 1. The van der Waals surface area contributed by atoms with Gasteiger partial charge in [-0.15, -0.1) is 0 Å². The molecule has 1 atom stereocenters. The number of nitrogens with zero attached hydrogens (tertiary/aromatic N) is 2. The van der Waals surface area contributed by atoms with Gasteiger partial charge in [0.2, 0.25) is 15.0 Å². The number of halogens is 1. The second-order valence-corrected chi connectivity index (χ2v) is 7.52. The van der Waals surface area contributed by atoms with E-state index in [0.29, 0.717) is 5.69 Å². The van der Waals surface area contributed by atoms with Crippen LogP contribution < -0.4 is 4.90 Å². The Morgan fingerprint density at radius 1 is 1.52 bits per heavy atom. The van der Waals surface area contributed by atoms with E-state index in [0.717, 1.165) is 0 Å². The summed E-state index contributed by atoms with van der Waals surface area (Å²) in [6, 6.07) is 1.48. The zero-order valence-corrected chi connectivity index (χ0v) is 12.7. The monoisotopic (exact) mass is 332 g/mol. The van der Waals surface area contributed by atoms with Gasteiger partial charge in [0.25, 0.3) is 0 Å². The van der Waals surface area contributed by atoms with E-state index in [1.165, 1.54) is 30.5 Å². The van der Waals surface area contributed by atoms with Gasteiger partial charge in [-0.1, -0.05) is 0 Å². The molecule has 0 aliphatic carbocycles. The molecule has 0 saturated carbocycles. The van der Waals surface area contributed by atoms with E-state index in [1.54, 1.807) is 0 Å². The van der Waals surface area contributed by atoms with Crippen LogP contribution in [0.15, 0.2) is 18.5 Å². The van der Waals surface area contributed by atoms with Gasteiger partial charge in [-0.2, -0.15) is 0 Å². The largest absolute Gasteiger partial charge is 0.465 e. The van der Waals surface area contributed by atoms with Crippen LogP contribution in [-0.4, -0.2) is 44.7 Å². The van der Waals surface area contributed by atoms with Crippen LogP contribution in [0, 0.1) is 5.92 Å². The molecule has 0 aromatic carbocycles.